The molecule has 3 N–H and O–H groups in total. The van der Waals surface area contributed by atoms with Crippen LogP contribution in [0.15, 0.2) is 24.3 Å². The number of ether oxygens (including phenoxy) is 1. The van der Waals surface area contributed by atoms with Gasteiger partial charge in [-0.15, -0.1) is 5.10 Å². The molecule has 1 aromatic heterocycles. The van der Waals surface area contributed by atoms with E-state index in [4.69, 9.17) is 10.6 Å². The number of aromatic nitrogens is 2. The maximum Gasteiger partial charge on any atom is 0.150 e. The highest BCUT2D eigenvalue weighted by atomic mass is 32.1. The van der Waals surface area contributed by atoms with Crippen LogP contribution in [0.1, 0.15) is 5.69 Å². The molecule has 0 saturated carbocycles. The van der Waals surface area contributed by atoms with Gasteiger partial charge in [-0.1, -0.05) is 10.6 Å². The van der Waals surface area contributed by atoms with E-state index in [2.05, 4.69) is 15.0 Å². The first-order chi connectivity index (χ1) is 8.70. The fraction of sp³-hybridized carbons (Fsp3) is 0.273. The summed E-state index contributed by atoms with van der Waals surface area (Å²) in [6.07, 6.45) is 0. The average molecular weight is 265 g/mol. The third-order valence-electron chi connectivity index (χ3n) is 2.40. The van der Waals surface area contributed by atoms with Gasteiger partial charge in [-0.3, -0.25) is 0 Å². The van der Waals surface area contributed by atoms with Gasteiger partial charge in [-0.05, 0) is 12.1 Å². The van der Waals surface area contributed by atoms with Crippen LogP contribution < -0.4 is 20.9 Å². The molecule has 0 amide bonds. The minimum Gasteiger partial charge on any atom is -0.487 e. The van der Waals surface area contributed by atoms with Gasteiger partial charge in [0.25, 0.3) is 0 Å². The molecule has 0 bridgehead atoms. The molecule has 2 aromatic rings. The van der Waals surface area contributed by atoms with Gasteiger partial charge in [0.05, 0.1) is 0 Å². The Hall–Kier alpha value is -1.86. The first kappa shape index (κ1) is 12.6. The van der Waals surface area contributed by atoms with Crippen molar-refractivity contribution in [2.45, 2.75) is 6.61 Å². The van der Waals surface area contributed by atoms with E-state index in [1.54, 1.807) is 0 Å². The first-order valence-corrected chi connectivity index (χ1v) is 6.16. The normalized spacial score (nSPS) is 10.2. The molecule has 7 heteroatoms. The maximum atomic E-state index is 5.67. The zero-order chi connectivity index (χ0) is 13.0. The average Bonchev–Trinajstić information content (AvgIpc) is 2.84. The summed E-state index contributed by atoms with van der Waals surface area (Å²) in [4.78, 5) is 2.02. The van der Waals surface area contributed by atoms with Crippen LogP contribution in [0.5, 0.6) is 5.75 Å². The van der Waals surface area contributed by atoms with Crippen molar-refractivity contribution in [1.29, 1.82) is 0 Å². The van der Waals surface area contributed by atoms with E-state index in [1.807, 2.05) is 43.3 Å². The van der Waals surface area contributed by atoms with Gasteiger partial charge < -0.3 is 15.1 Å². The van der Waals surface area contributed by atoms with Crippen LogP contribution in [0.4, 0.5) is 10.7 Å². The Bertz CT molecular complexity index is 514. The van der Waals surface area contributed by atoms with Crippen molar-refractivity contribution >= 4 is 22.2 Å². The Labute approximate surface area is 110 Å². The Morgan fingerprint density at radius 2 is 2.28 bits per heavy atom. The lowest BCUT2D eigenvalue weighted by atomic mass is 10.3. The van der Waals surface area contributed by atoms with Gasteiger partial charge in [0.2, 0.25) is 0 Å². The fourth-order valence-electron chi connectivity index (χ4n) is 1.42. The summed E-state index contributed by atoms with van der Waals surface area (Å²) in [5.41, 5.74) is 4.34. The second-order valence-corrected chi connectivity index (χ2v) is 4.63. The van der Waals surface area contributed by atoms with Crippen molar-refractivity contribution in [3.05, 3.63) is 30.0 Å². The number of anilines is 2. The number of hydrogen-bond acceptors (Lipinski definition) is 7. The van der Waals surface area contributed by atoms with E-state index in [-0.39, 0.29) is 0 Å². The number of rotatable bonds is 5. The molecule has 0 aliphatic carbocycles. The van der Waals surface area contributed by atoms with Crippen molar-refractivity contribution in [3.8, 4) is 5.75 Å². The van der Waals surface area contributed by atoms with Crippen LogP contribution in [0.2, 0.25) is 0 Å². The van der Waals surface area contributed by atoms with Crippen LogP contribution in [0.3, 0.4) is 0 Å². The predicted molar refractivity (Wildman–Crippen MR) is 72.8 cm³/mol. The summed E-state index contributed by atoms with van der Waals surface area (Å²) in [5, 5.41) is 4.67. The maximum absolute atomic E-state index is 5.67. The molecular formula is C11H15N5OS. The Morgan fingerprint density at radius 3 is 3.00 bits per heavy atom. The molecule has 18 heavy (non-hydrogen) atoms. The summed E-state index contributed by atoms with van der Waals surface area (Å²) < 4.78 is 9.48. The number of hydrogen-bond donors (Lipinski definition) is 2. The molecule has 1 heterocycles. The molecule has 0 atom stereocenters. The summed E-state index contributed by atoms with van der Waals surface area (Å²) in [7, 11) is 3.97. The minimum absolute atomic E-state index is 0.340. The van der Waals surface area contributed by atoms with E-state index in [1.165, 1.54) is 11.5 Å². The molecule has 0 aliphatic heterocycles. The van der Waals surface area contributed by atoms with Crippen molar-refractivity contribution in [2.75, 3.05) is 24.4 Å². The number of benzene rings is 1. The predicted octanol–water partition coefficient (Wildman–Crippen LogP) is 1.47. The highest BCUT2D eigenvalue weighted by Crippen LogP contribution is 2.22. The van der Waals surface area contributed by atoms with Crippen LogP contribution in [-0.2, 0) is 6.61 Å². The minimum atomic E-state index is 0.340. The summed E-state index contributed by atoms with van der Waals surface area (Å²) in [6, 6.07) is 7.84. The standard InChI is InChI=1S/C11H15N5OS/c1-16(2)8-4-3-5-9(6-8)17-7-10-11(13-12)18-15-14-10/h3-6,13H,7,12H2,1-2H3. The summed E-state index contributed by atoms with van der Waals surface area (Å²) in [5.74, 6) is 6.14. The molecular weight excluding hydrogens is 250 g/mol. The fourth-order valence-corrected chi connectivity index (χ4v) is 1.89. The number of nitrogens with two attached hydrogens (primary N) is 1. The number of hydrazine groups is 1. The van der Waals surface area contributed by atoms with Crippen LogP contribution in [0.25, 0.3) is 0 Å². The van der Waals surface area contributed by atoms with Crippen LogP contribution >= 0.6 is 11.5 Å². The van der Waals surface area contributed by atoms with E-state index < -0.39 is 0 Å². The number of nitrogens with one attached hydrogen (secondary N) is 1. The summed E-state index contributed by atoms with van der Waals surface area (Å²) >= 11 is 1.21. The molecule has 0 unspecified atom stereocenters. The molecule has 0 spiro atoms. The topological polar surface area (TPSA) is 76.3 Å². The molecule has 0 radical (unpaired) electrons. The van der Waals surface area contributed by atoms with E-state index in [0.717, 1.165) is 16.4 Å². The quantitative estimate of drug-likeness (QED) is 0.630. The van der Waals surface area contributed by atoms with Gasteiger partial charge in [-0.25, -0.2) is 5.84 Å². The molecule has 96 valence electrons. The zero-order valence-electron chi connectivity index (χ0n) is 10.3. The molecule has 0 saturated heterocycles. The van der Waals surface area contributed by atoms with Gasteiger partial charge in [0.15, 0.2) is 5.00 Å². The van der Waals surface area contributed by atoms with Gasteiger partial charge in [0.1, 0.15) is 18.1 Å². The van der Waals surface area contributed by atoms with Crippen molar-refractivity contribution in [3.63, 3.8) is 0 Å². The zero-order valence-corrected chi connectivity index (χ0v) is 11.1. The smallest absolute Gasteiger partial charge is 0.150 e. The van der Waals surface area contributed by atoms with E-state index in [0.29, 0.717) is 12.3 Å². The van der Waals surface area contributed by atoms with Gasteiger partial charge in [0, 0.05) is 37.4 Å². The second kappa shape index (κ2) is 5.65. The third-order valence-corrected chi connectivity index (χ3v) is 3.10. The monoisotopic (exact) mass is 265 g/mol. The van der Waals surface area contributed by atoms with Crippen LogP contribution in [-0.4, -0.2) is 23.7 Å². The Balaban J connectivity index is 2.04. The SMILES string of the molecule is CN(C)c1cccc(OCc2nnsc2NN)c1. The molecule has 2 rings (SSSR count). The third kappa shape index (κ3) is 2.88. The highest BCUT2D eigenvalue weighted by Gasteiger charge is 2.07. The highest BCUT2D eigenvalue weighted by molar-refractivity contribution is 7.10. The molecule has 0 fully saturated rings. The van der Waals surface area contributed by atoms with E-state index in [9.17, 15) is 0 Å². The Kier molecular flexibility index (Phi) is 3.96. The molecule has 6 nitrogen and oxygen atoms in total. The second-order valence-electron chi connectivity index (χ2n) is 3.87. The molecule has 1 aromatic carbocycles. The van der Waals surface area contributed by atoms with Crippen LogP contribution in [0, 0.1) is 0 Å². The Morgan fingerprint density at radius 1 is 1.44 bits per heavy atom. The lowest BCUT2D eigenvalue weighted by molar-refractivity contribution is 0.302. The largest absolute Gasteiger partial charge is 0.487 e. The van der Waals surface area contributed by atoms with Gasteiger partial charge >= 0.3 is 0 Å². The summed E-state index contributed by atoms with van der Waals surface area (Å²) in [6.45, 7) is 0.340. The van der Waals surface area contributed by atoms with Crippen molar-refractivity contribution < 1.29 is 4.74 Å². The van der Waals surface area contributed by atoms with Gasteiger partial charge in [-0.2, -0.15) is 0 Å². The molecule has 0 aliphatic rings. The van der Waals surface area contributed by atoms with Crippen molar-refractivity contribution in [1.82, 2.24) is 9.59 Å². The first-order valence-electron chi connectivity index (χ1n) is 5.38. The van der Waals surface area contributed by atoms with E-state index >= 15 is 0 Å². The number of nitrogens with zero attached hydrogens (tertiary/aromatic N) is 3. The van der Waals surface area contributed by atoms with Crippen molar-refractivity contribution in [2.24, 2.45) is 5.84 Å². The lowest BCUT2D eigenvalue weighted by Gasteiger charge is -2.13. The number of nitrogen functional groups attached to an aromatic ring is 1. The lowest BCUT2D eigenvalue weighted by Crippen LogP contribution is -2.09.